The fourth-order valence-corrected chi connectivity index (χ4v) is 2.26. The second-order valence-electron chi connectivity index (χ2n) is 4.73. The van der Waals surface area contributed by atoms with E-state index in [1.165, 1.54) is 18.2 Å². The first-order valence-electron chi connectivity index (χ1n) is 6.46. The molecule has 0 saturated heterocycles. The van der Waals surface area contributed by atoms with Gasteiger partial charge in [0.05, 0.1) is 6.04 Å². The highest BCUT2D eigenvalue weighted by atomic mass is 19.2. The Morgan fingerprint density at radius 1 is 0.950 bits per heavy atom. The number of aryl methyl sites for hydroxylation is 1. The molecule has 106 valence electrons. The molecular weight excluding hydrogens is 263 g/mol. The van der Waals surface area contributed by atoms with Crippen molar-refractivity contribution in [2.24, 2.45) is 0 Å². The summed E-state index contributed by atoms with van der Waals surface area (Å²) in [6.45, 7) is 4.32. The minimum atomic E-state index is -0.904. The van der Waals surface area contributed by atoms with E-state index in [4.69, 9.17) is 0 Å². The van der Waals surface area contributed by atoms with Crippen molar-refractivity contribution in [2.75, 3.05) is 6.54 Å². The third-order valence-corrected chi connectivity index (χ3v) is 3.08. The maximum atomic E-state index is 13.5. The lowest BCUT2D eigenvalue weighted by molar-refractivity contribution is 0.503. The van der Waals surface area contributed by atoms with Crippen LogP contribution in [0.15, 0.2) is 36.4 Å². The predicted molar refractivity (Wildman–Crippen MR) is 73.0 cm³/mol. The molecule has 2 rings (SSSR count). The Bertz CT molecular complexity index is 590. The average Bonchev–Trinajstić information content (AvgIpc) is 2.38. The zero-order valence-electron chi connectivity index (χ0n) is 11.4. The summed E-state index contributed by atoms with van der Waals surface area (Å²) in [6.07, 6.45) is 0. The Morgan fingerprint density at radius 2 is 1.70 bits per heavy atom. The van der Waals surface area contributed by atoms with E-state index in [2.05, 4.69) is 5.32 Å². The number of hydrogen-bond acceptors (Lipinski definition) is 1. The number of rotatable bonds is 4. The van der Waals surface area contributed by atoms with E-state index in [-0.39, 0.29) is 11.9 Å². The average molecular weight is 279 g/mol. The molecule has 0 spiro atoms. The van der Waals surface area contributed by atoms with E-state index in [1.807, 2.05) is 13.0 Å². The van der Waals surface area contributed by atoms with Crippen molar-refractivity contribution in [3.05, 3.63) is 70.5 Å². The lowest BCUT2D eigenvalue weighted by Gasteiger charge is -2.20. The topological polar surface area (TPSA) is 12.0 Å². The van der Waals surface area contributed by atoms with Crippen LogP contribution in [0.3, 0.4) is 0 Å². The van der Waals surface area contributed by atoms with Gasteiger partial charge < -0.3 is 5.32 Å². The first-order valence-corrected chi connectivity index (χ1v) is 6.46. The molecule has 0 saturated carbocycles. The second-order valence-corrected chi connectivity index (χ2v) is 4.73. The van der Waals surface area contributed by atoms with E-state index in [0.29, 0.717) is 17.7 Å². The standard InChI is InChI=1S/C16H16F3N/c1-3-20-16(11-4-5-14(18)15(19)9-11)12-6-10(2)7-13(17)8-12/h4-9,16,20H,3H2,1-2H3. The van der Waals surface area contributed by atoms with Gasteiger partial charge in [0.2, 0.25) is 0 Å². The molecular formula is C16H16F3N. The quantitative estimate of drug-likeness (QED) is 0.888. The van der Waals surface area contributed by atoms with Gasteiger partial charge in [-0.2, -0.15) is 0 Å². The van der Waals surface area contributed by atoms with Crippen molar-refractivity contribution in [3.8, 4) is 0 Å². The summed E-state index contributed by atoms with van der Waals surface area (Å²) in [7, 11) is 0. The number of benzene rings is 2. The first-order chi connectivity index (χ1) is 9.51. The molecule has 0 aliphatic heterocycles. The molecule has 0 heterocycles. The Hall–Kier alpha value is -1.81. The Balaban J connectivity index is 2.46. The molecule has 2 aromatic carbocycles. The highest BCUT2D eigenvalue weighted by molar-refractivity contribution is 5.35. The number of hydrogen-bond donors (Lipinski definition) is 1. The monoisotopic (exact) mass is 279 g/mol. The summed E-state index contributed by atoms with van der Waals surface area (Å²) >= 11 is 0. The molecule has 2 aromatic rings. The fraction of sp³-hybridized carbons (Fsp3) is 0.250. The maximum absolute atomic E-state index is 13.5. The van der Waals surface area contributed by atoms with Gasteiger partial charge >= 0.3 is 0 Å². The minimum absolute atomic E-state index is 0.342. The first kappa shape index (κ1) is 14.6. The van der Waals surface area contributed by atoms with E-state index >= 15 is 0 Å². The zero-order chi connectivity index (χ0) is 14.7. The molecule has 1 N–H and O–H groups in total. The largest absolute Gasteiger partial charge is 0.307 e. The normalized spacial score (nSPS) is 12.4. The van der Waals surface area contributed by atoms with E-state index < -0.39 is 11.6 Å². The fourth-order valence-electron chi connectivity index (χ4n) is 2.26. The molecule has 1 unspecified atom stereocenters. The maximum Gasteiger partial charge on any atom is 0.159 e. The Kier molecular flexibility index (Phi) is 4.45. The van der Waals surface area contributed by atoms with Crippen LogP contribution in [-0.2, 0) is 0 Å². The van der Waals surface area contributed by atoms with Gasteiger partial charge in [0.1, 0.15) is 5.82 Å². The van der Waals surface area contributed by atoms with Crippen LogP contribution in [-0.4, -0.2) is 6.54 Å². The van der Waals surface area contributed by atoms with Crippen LogP contribution in [0.2, 0.25) is 0 Å². The summed E-state index contributed by atoms with van der Waals surface area (Å²) in [5.41, 5.74) is 2.04. The molecule has 1 nitrogen and oxygen atoms in total. The lowest BCUT2D eigenvalue weighted by Crippen LogP contribution is -2.22. The van der Waals surface area contributed by atoms with Crippen molar-refractivity contribution < 1.29 is 13.2 Å². The molecule has 4 heteroatoms. The molecule has 0 aliphatic rings. The zero-order valence-corrected chi connectivity index (χ0v) is 11.4. The van der Waals surface area contributed by atoms with Gasteiger partial charge in [-0.3, -0.25) is 0 Å². The van der Waals surface area contributed by atoms with Gasteiger partial charge in [-0.1, -0.05) is 19.1 Å². The summed E-state index contributed by atoms with van der Waals surface area (Å²) in [4.78, 5) is 0. The third-order valence-electron chi connectivity index (χ3n) is 3.08. The molecule has 0 aliphatic carbocycles. The van der Waals surface area contributed by atoms with Gasteiger partial charge in [0.15, 0.2) is 11.6 Å². The third kappa shape index (κ3) is 3.20. The summed E-state index contributed by atoms with van der Waals surface area (Å²) in [6, 6.07) is 8.03. The number of nitrogens with one attached hydrogen (secondary N) is 1. The molecule has 0 bridgehead atoms. The van der Waals surface area contributed by atoms with Gasteiger partial charge in [0.25, 0.3) is 0 Å². The highest BCUT2D eigenvalue weighted by Crippen LogP contribution is 2.25. The van der Waals surface area contributed by atoms with E-state index in [0.717, 1.165) is 17.7 Å². The van der Waals surface area contributed by atoms with Crippen LogP contribution in [0.1, 0.15) is 29.7 Å². The van der Waals surface area contributed by atoms with Crippen molar-refractivity contribution in [1.29, 1.82) is 0 Å². The predicted octanol–water partition coefficient (Wildman–Crippen LogP) is 4.11. The van der Waals surface area contributed by atoms with Crippen molar-refractivity contribution in [2.45, 2.75) is 19.9 Å². The van der Waals surface area contributed by atoms with Crippen molar-refractivity contribution >= 4 is 0 Å². The molecule has 20 heavy (non-hydrogen) atoms. The van der Waals surface area contributed by atoms with Gasteiger partial charge in [-0.15, -0.1) is 0 Å². The van der Waals surface area contributed by atoms with Crippen molar-refractivity contribution in [1.82, 2.24) is 5.32 Å². The van der Waals surface area contributed by atoms with Crippen molar-refractivity contribution in [3.63, 3.8) is 0 Å². The summed E-state index contributed by atoms with van der Waals surface area (Å²) < 4.78 is 39.9. The molecule has 0 fully saturated rings. The molecule has 1 atom stereocenters. The smallest absolute Gasteiger partial charge is 0.159 e. The molecule has 0 aromatic heterocycles. The van der Waals surface area contributed by atoms with Gasteiger partial charge in [0, 0.05) is 0 Å². The Labute approximate surface area is 116 Å². The van der Waals surface area contributed by atoms with Crippen LogP contribution < -0.4 is 5.32 Å². The van der Waals surface area contributed by atoms with Crippen LogP contribution in [0.5, 0.6) is 0 Å². The Morgan fingerprint density at radius 3 is 2.30 bits per heavy atom. The van der Waals surface area contributed by atoms with Crippen LogP contribution in [0.25, 0.3) is 0 Å². The molecule has 0 radical (unpaired) electrons. The van der Waals surface area contributed by atoms with E-state index in [9.17, 15) is 13.2 Å². The van der Waals surface area contributed by atoms with Crippen LogP contribution in [0, 0.1) is 24.4 Å². The van der Waals surface area contributed by atoms with E-state index in [1.54, 1.807) is 6.92 Å². The van der Waals surface area contributed by atoms with Crippen LogP contribution in [0.4, 0.5) is 13.2 Å². The summed E-state index contributed by atoms with van der Waals surface area (Å²) in [5.74, 6) is -2.14. The minimum Gasteiger partial charge on any atom is -0.307 e. The number of halogens is 3. The highest BCUT2D eigenvalue weighted by Gasteiger charge is 2.16. The second kappa shape index (κ2) is 6.09. The van der Waals surface area contributed by atoms with Crippen LogP contribution >= 0.6 is 0 Å². The van der Waals surface area contributed by atoms with Gasteiger partial charge in [-0.05, 0) is 54.4 Å². The van der Waals surface area contributed by atoms with Gasteiger partial charge in [-0.25, -0.2) is 13.2 Å². The lowest BCUT2D eigenvalue weighted by atomic mass is 9.97. The summed E-state index contributed by atoms with van der Waals surface area (Å²) in [5, 5.41) is 3.16. The molecule has 0 amide bonds. The SMILES string of the molecule is CCNC(c1cc(C)cc(F)c1)c1ccc(F)c(F)c1.